The lowest BCUT2D eigenvalue weighted by molar-refractivity contribution is -0.145. The Kier molecular flexibility index (Phi) is 10.1. The molecule has 7 nitrogen and oxygen atoms in total. The van der Waals surface area contributed by atoms with Gasteiger partial charge < -0.3 is 20.1 Å². The molecule has 184 valence electrons. The second kappa shape index (κ2) is 13.7. The molecule has 7 heteroatoms. The van der Waals surface area contributed by atoms with Crippen LogP contribution < -0.4 is 10.6 Å². The second-order valence-electron chi connectivity index (χ2n) is 8.33. The van der Waals surface area contributed by atoms with Crippen LogP contribution in [-0.4, -0.2) is 37.7 Å². The van der Waals surface area contributed by atoms with Gasteiger partial charge in [-0.1, -0.05) is 79.2 Å². The average Bonchev–Trinajstić information content (AvgIpc) is 2.89. The van der Waals surface area contributed by atoms with E-state index in [4.69, 9.17) is 9.47 Å². The highest BCUT2D eigenvalue weighted by Crippen LogP contribution is 2.17. The zero-order valence-corrected chi connectivity index (χ0v) is 20.0. The molecule has 0 heterocycles. The normalized spacial score (nSPS) is 11.5. The van der Waals surface area contributed by atoms with Gasteiger partial charge in [-0.05, 0) is 34.7 Å². The van der Waals surface area contributed by atoms with Crippen LogP contribution in [0.2, 0.25) is 0 Å². The molecular formula is C28H32N2O5. The minimum atomic E-state index is -0.741. The molecule has 2 N–H and O–H groups in total. The van der Waals surface area contributed by atoms with E-state index in [-0.39, 0.29) is 12.5 Å². The van der Waals surface area contributed by atoms with Crippen molar-refractivity contribution >= 4 is 28.7 Å². The summed E-state index contributed by atoms with van der Waals surface area (Å²) in [5.41, 5.74) is 1.88. The second-order valence-corrected chi connectivity index (χ2v) is 8.33. The number of ether oxygens (including phenoxy) is 2. The Morgan fingerprint density at radius 1 is 0.829 bits per heavy atom. The monoisotopic (exact) mass is 476 g/mol. The predicted molar refractivity (Wildman–Crippen MR) is 135 cm³/mol. The van der Waals surface area contributed by atoms with Crippen molar-refractivity contribution in [3.63, 3.8) is 0 Å². The Morgan fingerprint density at radius 2 is 1.57 bits per heavy atom. The number of alkyl carbamates (subject to hydrolysis) is 1. The first kappa shape index (κ1) is 25.7. The molecule has 0 bridgehead atoms. The van der Waals surface area contributed by atoms with E-state index in [1.165, 1.54) is 7.11 Å². The summed E-state index contributed by atoms with van der Waals surface area (Å²) in [6.45, 7) is 0.704. The van der Waals surface area contributed by atoms with Gasteiger partial charge in [0.25, 0.3) is 0 Å². The highest BCUT2D eigenvalue weighted by molar-refractivity contribution is 5.86. The molecule has 0 saturated carbocycles. The van der Waals surface area contributed by atoms with Gasteiger partial charge in [0.2, 0.25) is 5.91 Å². The summed E-state index contributed by atoms with van der Waals surface area (Å²) >= 11 is 0. The molecule has 0 aliphatic heterocycles. The largest absolute Gasteiger partial charge is 0.467 e. The molecule has 0 fully saturated rings. The predicted octanol–water partition coefficient (Wildman–Crippen LogP) is 4.53. The number of rotatable bonds is 12. The number of esters is 1. The summed E-state index contributed by atoms with van der Waals surface area (Å²) in [5, 5.41) is 7.72. The number of carbonyl (C=O) groups is 3. The molecule has 2 amide bonds. The number of benzene rings is 3. The maximum Gasteiger partial charge on any atom is 0.407 e. The third-order valence-electron chi connectivity index (χ3n) is 5.64. The van der Waals surface area contributed by atoms with E-state index < -0.39 is 18.1 Å². The zero-order valence-electron chi connectivity index (χ0n) is 20.0. The van der Waals surface area contributed by atoms with Crippen LogP contribution in [0.25, 0.3) is 10.8 Å². The Balaban J connectivity index is 1.34. The van der Waals surface area contributed by atoms with E-state index in [1.807, 2.05) is 72.8 Å². The maximum absolute atomic E-state index is 12.4. The summed E-state index contributed by atoms with van der Waals surface area (Å²) in [5.74, 6) is -0.666. The van der Waals surface area contributed by atoms with Gasteiger partial charge in [0.1, 0.15) is 12.6 Å². The number of nitrogens with one attached hydrogen (secondary N) is 2. The molecule has 3 aromatic rings. The van der Waals surface area contributed by atoms with Gasteiger partial charge in [-0.3, -0.25) is 4.79 Å². The molecule has 35 heavy (non-hydrogen) atoms. The Labute approximate surface area is 205 Å². The molecule has 0 unspecified atom stereocenters. The smallest absolute Gasteiger partial charge is 0.407 e. The molecule has 0 aromatic heterocycles. The molecule has 0 radical (unpaired) electrons. The van der Waals surface area contributed by atoms with Gasteiger partial charge in [0, 0.05) is 19.4 Å². The van der Waals surface area contributed by atoms with Crippen LogP contribution in [0.1, 0.15) is 36.8 Å². The minimum Gasteiger partial charge on any atom is -0.467 e. The minimum absolute atomic E-state index is 0.198. The van der Waals surface area contributed by atoms with Crippen molar-refractivity contribution < 1.29 is 23.9 Å². The number of methoxy groups -OCH3 is 1. The van der Waals surface area contributed by atoms with Gasteiger partial charge >= 0.3 is 12.1 Å². The van der Waals surface area contributed by atoms with Crippen LogP contribution in [0.3, 0.4) is 0 Å². The summed E-state index contributed by atoms with van der Waals surface area (Å²) in [4.78, 5) is 36.4. The van der Waals surface area contributed by atoms with Crippen molar-refractivity contribution in [2.45, 2.75) is 44.8 Å². The van der Waals surface area contributed by atoms with E-state index in [0.717, 1.165) is 34.7 Å². The lowest BCUT2D eigenvalue weighted by Gasteiger charge is -2.17. The SMILES string of the molecule is COC(=O)[C@@H](Cc1ccc2ccccc2c1)NC(=O)CCCCCNC(=O)OCc1ccccc1. The van der Waals surface area contributed by atoms with E-state index in [9.17, 15) is 14.4 Å². The highest BCUT2D eigenvalue weighted by Gasteiger charge is 2.22. The lowest BCUT2D eigenvalue weighted by atomic mass is 10.0. The summed E-state index contributed by atoms with van der Waals surface area (Å²) in [6.07, 6.45) is 2.34. The molecule has 0 aliphatic carbocycles. The molecule has 0 aliphatic rings. The van der Waals surface area contributed by atoms with Crippen LogP contribution >= 0.6 is 0 Å². The van der Waals surface area contributed by atoms with Gasteiger partial charge in [-0.25, -0.2) is 9.59 Å². The van der Waals surface area contributed by atoms with E-state index >= 15 is 0 Å². The van der Waals surface area contributed by atoms with Crippen molar-refractivity contribution in [2.24, 2.45) is 0 Å². The fraction of sp³-hybridized carbons (Fsp3) is 0.321. The number of hydrogen-bond donors (Lipinski definition) is 2. The number of fused-ring (bicyclic) bond motifs is 1. The highest BCUT2D eigenvalue weighted by atomic mass is 16.5. The number of amides is 2. The third kappa shape index (κ3) is 8.77. The van der Waals surface area contributed by atoms with E-state index in [2.05, 4.69) is 10.6 Å². The fourth-order valence-corrected chi connectivity index (χ4v) is 3.76. The molecule has 3 rings (SSSR count). The van der Waals surface area contributed by atoms with Crippen molar-refractivity contribution in [1.82, 2.24) is 10.6 Å². The van der Waals surface area contributed by atoms with Crippen LogP contribution in [0.15, 0.2) is 72.8 Å². The molecule has 0 spiro atoms. The standard InChI is InChI=1S/C28H32N2O5/c1-34-27(32)25(19-22-15-16-23-12-7-8-13-24(23)18-22)30-26(31)14-6-3-9-17-29-28(33)35-20-21-10-4-2-5-11-21/h2,4-5,7-8,10-13,15-16,18,25H,3,6,9,14,17,19-20H2,1H3,(H,29,33)(H,30,31)/t25-/m1/s1. The van der Waals surface area contributed by atoms with Crippen LogP contribution in [0.5, 0.6) is 0 Å². The van der Waals surface area contributed by atoms with Crippen molar-refractivity contribution in [3.8, 4) is 0 Å². The Bertz CT molecular complexity index is 1120. The van der Waals surface area contributed by atoms with Gasteiger partial charge in [0.15, 0.2) is 0 Å². The van der Waals surface area contributed by atoms with Gasteiger partial charge in [-0.2, -0.15) is 0 Å². The average molecular weight is 477 g/mol. The van der Waals surface area contributed by atoms with Crippen LogP contribution in [0, 0.1) is 0 Å². The summed E-state index contributed by atoms with van der Waals surface area (Å²) in [7, 11) is 1.32. The van der Waals surface area contributed by atoms with Gasteiger partial charge in [0.05, 0.1) is 7.11 Å². The van der Waals surface area contributed by atoms with Crippen LogP contribution in [-0.2, 0) is 32.1 Å². The third-order valence-corrected chi connectivity index (χ3v) is 5.64. The first-order chi connectivity index (χ1) is 17.0. The van der Waals surface area contributed by atoms with Crippen LogP contribution in [0.4, 0.5) is 4.79 Å². The van der Waals surface area contributed by atoms with Crippen molar-refractivity contribution in [1.29, 1.82) is 0 Å². The fourth-order valence-electron chi connectivity index (χ4n) is 3.76. The molecule has 3 aromatic carbocycles. The number of carbonyl (C=O) groups excluding carboxylic acids is 3. The topological polar surface area (TPSA) is 93.7 Å². The van der Waals surface area contributed by atoms with E-state index in [1.54, 1.807) is 0 Å². The number of unbranched alkanes of at least 4 members (excludes halogenated alkanes) is 2. The lowest BCUT2D eigenvalue weighted by Crippen LogP contribution is -2.43. The molecular weight excluding hydrogens is 444 g/mol. The first-order valence-corrected chi connectivity index (χ1v) is 11.8. The maximum atomic E-state index is 12.4. The number of hydrogen-bond acceptors (Lipinski definition) is 5. The molecule has 1 atom stereocenters. The van der Waals surface area contributed by atoms with Gasteiger partial charge in [-0.15, -0.1) is 0 Å². The Morgan fingerprint density at radius 3 is 2.34 bits per heavy atom. The van der Waals surface area contributed by atoms with E-state index in [0.29, 0.717) is 25.8 Å². The summed E-state index contributed by atoms with van der Waals surface area (Å²) in [6, 6.07) is 22.7. The molecule has 0 saturated heterocycles. The quantitative estimate of drug-likeness (QED) is 0.296. The Hall–Kier alpha value is -3.87. The van der Waals surface area contributed by atoms with Crippen molar-refractivity contribution in [2.75, 3.05) is 13.7 Å². The summed E-state index contributed by atoms with van der Waals surface area (Å²) < 4.78 is 10.1. The zero-order chi connectivity index (χ0) is 24.9. The van der Waals surface area contributed by atoms with Crippen molar-refractivity contribution in [3.05, 3.63) is 83.9 Å². The first-order valence-electron chi connectivity index (χ1n) is 11.8.